The molecule has 0 unspecified atom stereocenters. The van der Waals surface area contributed by atoms with E-state index in [0.717, 1.165) is 4.76 Å². The molecule has 0 radical (unpaired) electrons. The molecule has 0 saturated carbocycles. The highest BCUT2D eigenvalue weighted by Gasteiger charge is 2.89. The molecule has 11 heteroatoms. The molecule has 0 aliphatic rings. The fourth-order valence-electron chi connectivity index (χ4n) is 0.776. The summed E-state index contributed by atoms with van der Waals surface area (Å²) in [6, 6.07) is 0. The fourth-order valence-corrected chi connectivity index (χ4v) is 0.776. The number of halogens is 9. The third kappa shape index (κ3) is 1.84. The van der Waals surface area contributed by atoms with Gasteiger partial charge in [-0.15, -0.1) is 0 Å². The molecular formula is C4BF9N-. The number of alkyl halides is 9. The first kappa shape index (κ1) is 13.9. The molecule has 0 N–H and O–H groups in total. The van der Waals surface area contributed by atoms with E-state index in [9.17, 15) is 39.5 Å². The molecule has 0 heterocycles. The van der Waals surface area contributed by atoms with E-state index >= 15 is 0 Å². The third-order valence-electron chi connectivity index (χ3n) is 1.61. The molecule has 0 fully saturated rings. The molecule has 15 heavy (non-hydrogen) atoms. The van der Waals surface area contributed by atoms with Crippen LogP contribution in [0.3, 0.4) is 0 Å². The monoisotopic (exact) mass is 244 g/mol. The lowest BCUT2D eigenvalue weighted by molar-refractivity contribution is -0.160. The van der Waals surface area contributed by atoms with Gasteiger partial charge >= 0.3 is 24.5 Å². The first-order valence-corrected chi connectivity index (χ1v) is 3.05. The number of hydrogen-bond donors (Lipinski definition) is 0. The lowest BCUT2D eigenvalue weighted by Gasteiger charge is -2.33. The van der Waals surface area contributed by atoms with Crippen LogP contribution in [0.1, 0.15) is 0 Å². The first-order chi connectivity index (χ1) is 6.31. The van der Waals surface area contributed by atoms with Gasteiger partial charge in [-0.05, 0) is 0 Å². The summed E-state index contributed by atoms with van der Waals surface area (Å²) < 4.78 is 106. The van der Waals surface area contributed by atoms with Crippen molar-refractivity contribution in [3.05, 3.63) is 11.3 Å². The van der Waals surface area contributed by atoms with E-state index in [1.165, 1.54) is 0 Å². The van der Waals surface area contributed by atoms with Gasteiger partial charge in [-0.2, -0.15) is 0 Å². The normalized spacial score (nSPS) is 14.9. The Morgan fingerprint density at radius 3 is 0.867 bits per heavy atom. The molecule has 0 spiro atoms. The van der Waals surface area contributed by atoms with Gasteiger partial charge in [0.1, 0.15) is 0 Å². The third-order valence-corrected chi connectivity index (χ3v) is 1.61. The second-order valence-electron chi connectivity index (χ2n) is 2.57. The van der Waals surface area contributed by atoms with Crippen LogP contribution in [0.15, 0.2) is 0 Å². The van der Waals surface area contributed by atoms with Crippen LogP contribution < -0.4 is 0 Å². The molecule has 0 amide bonds. The first-order valence-electron chi connectivity index (χ1n) is 3.05. The lowest BCUT2D eigenvalue weighted by Crippen LogP contribution is -2.69. The maximum Gasteiger partial charge on any atom is 0.638 e. The van der Waals surface area contributed by atoms with Gasteiger partial charge in [0.05, 0.1) is 0 Å². The smallest absolute Gasteiger partial charge is 0.553 e. The summed E-state index contributed by atoms with van der Waals surface area (Å²) >= 11 is 0. The van der Waals surface area contributed by atoms with Crippen LogP contribution in [-0.4, -0.2) is 24.5 Å². The van der Waals surface area contributed by atoms with Gasteiger partial charge in [0.25, 0.3) is 0 Å². The molecule has 0 aliphatic carbocycles. The van der Waals surface area contributed by atoms with Gasteiger partial charge in [-0.1, -0.05) is 0 Å². The molecule has 1 nitrogen and oxygen atoms in total. The number of rotatable bonds is 0. The largest absolute Gasteiger partial charge is 0.638 e. The average Bonchev–Trinajstić information content (AvgIpc) is 1.76. The van der Waals surface area contributed by atoms with Crippen LogP contribution in [0.2, 0.25) is 0 Å². The summed E-state index contributed by atoms with van der Waals surface area (Å²) in [5.41, 5.74) is 0. The summed E-state index contributed by atoms with van der Waals surface area (Å²) in [6.07, 6.45) is -27.3. The van der Waals surface area contributed by atoms with Crippen LogP contribution in [0.4, 0.5) is 39.5 Å². The predicted molar refractivity (Wildman–Crippen MR) is 30.5 cm³/mol. The molecule has 0 bridgehead atoms. The van der Waals surface area contributed by atoms with Gasteiger partial charge in [0.2, 0.25) is 0 Å². The maximum atomic E-state index is 11.7. The summed E-state index contributed by atoms with van der Waals surface area (Å²) in [5.74, 6) is 0. The van der Waals surface area contributed by atoms with Gasteiger partial charge in [0, 0.05) is 0 Å². The van der Waals surface area contributed by atoms with Crippen molar-refractivity contribution in [1.29, 1.82) is 0 Å². The van der Waals surface area contributed by atoms with E-state index in [1.54, 1.807) is 0 Å². The van der Waals surface area contributed by atoms with E-state index in [0.29, 0.717) is 0 Å². The maximum absolute atomic E-state index is 11.7. The second kappa shape index (κ2) is 3.21. The summed E-state index contributed by atoms with van der Waals surface area (Å²) in [6.45, 7) is 5.57. The Bertz CT molecular complexity index is 240. The summed E-state index contributed by atoms with van der Waals surface area (Å²) in [5, 5.41) is 0. The molecule has 88 valence electrons. The van der Waals surface area contributed by atoms with Gasteiger partial charge in [-0.25, -0.2) is 39.5 Å². The van der Waals surface area contributed by atoms with E-state index in [1.807, 2.05) is 0 Å². The average molecular weight is 244 g/mol. The zero-order chi connectivity index (χ0) is 12.7. The molecule has 0 aromatic heterocycles. The quantitative estimate of drug-likeness (QED) is 0.350. The Labute approximate surface area is 76.6 Å². The van der Waals surface area contributed by atoms with Crippen LogP contribution in [0, 0.1) is 6.57 Å². The van der Waals surface area contributed by atoms with Crippen molar-refractivity contribution in [3.63, 3.8) is 0 Å². The van der Waals surface area contributed by atoms with Gasteiger partial charge in [-0.3, -0.25) is 0 Å². The van der Waals surface area contributed by atoms with Crippen LogP contribution in [0.25, 0.3) is 4.76 Å². The van der Waals surface area contributed by atoms with Crippen molar-refractivity contribution in [2.45, 2.75) is 18.2 Å². The van der Waals surface area contributed by atoms with Crippen molar-refractivity contribution in [1.82, 2.24) is 0 Å². The minimum absolute atomic E-state index is 0.771. The predicted octanol–water partition coefficient (Wildman–Crippen LogP) is 3.16. The molecule has 0 aromatic carbocycles. The zero-order valence-corrected chi connectivity index (χ0v) is 6.43. The standard InChI is InChI=1S/C4BF9N/c1-15-5(2(6,7)8,3(9,10)11)4(12,13)14/q-1. The number of hydrogen-bond acceptors (Lipinski definition) is 0. The minimum atomic E-state index is -7.13. The lowest BCUT2D eigenvalue weighted by atomic mass is 9.33. The Balaban J connectivity index is 5.93. The van der Waals surface area contributed by atoms with Gasteiger partial charge < -0.3 is 11.3 Å². The molecule has 0 aromatic rings. The zero-order valence-electron chi connectivity index (χ0n) is 6.43. The molecular weight excluding hydrogens is 244 g/mol. The highest BCUT2D eigenvalue weighted by atomic mass is 19.4. The number of nitrogens with zero attached hydrogens (tertiary/aromatic N) is 1. The Morgan fingerprint density at radius 2 is 0.867 bits per heavy atom. The topological polar surface area (TPSA) is 4.36 Å². The van der Waals surface area contributed by atoms with Crippen molar-refractivity contribution in [2.75, 3.05) is 0 Å². The van der Waals surface area contributed by atoms with Crippen LogP contribution in [0.5, 0.6) is 0 Å². The van der Waals surface area contributed by atoms with Crippen molar-refractivity contribution in [2.24, 2.45) is 0 Å². The van der Waals surface area contributed by atoms with Gasteiger partial charge in [0.15, 0.2) is 0 Å². The molecule has 0 saturated heterocycles. The summed E-state index contributed by atoms with van der Waals surface area (Å²) in [7, 11) is 0. The Kier molecular flexibility index (Phi) is 2.98. The fraction of sp³-hybridized carbons (Fsp3) is 0.750. The molecule has 0 aliphatic heterocycles. The van der Waals surface area contributed by atoms with E-state index in [-0.39, 0.29) is 0 Å². The van der Waals surface area contributed by atoms with E-state index in [2.05, 4.69) is 0 Å². The highest BCUT2D eigenvalue weighted by Crippen LogP contribution is 2.50. The Morgan fingerprint density at radius 1 is 0.667 bits per heavy atom. The SMILES string of the molecule is [C-]#[N+][B-](C(F)(F)F)(C(F)(F)F)C(F)(F)F. The van der Waals surface area contributed by atoms with Crippen molar-refractivity contribution in [3.8, 4) is 0 Å². The molecule has 0 rings (SSSR count). The van der Waals surface area contributed by atoms with Crippen molar-refractivity contribution >= 4 is 6.28 Å². The van der Waals surface area contributed by atoms with Crippen LogP contribution in [-0.2, 0) is 0 Å². The molecule has 0 atom stereocenters. The van der Waals surface area contributed by atoms with Crippen molar-refractivity contribution < 1.29 is 39.5 Å². The summed E-state index contributed by atoms with van der Waals surface area (Å²) in [4.78, 5) is 0. The van der Waals surface area contributed by atoms with E-state index < -0.39 is 24.5 Å². The minimum Gasteiger partial charge on any atom is -0.553 e. The highest BCUT2D eigenvalue weighted by molar-refractivity contribution is 6.88. The van der Waals surface area contributed by atoms with Crippen LogP contribution >= 0.6 is 0 Å². The van der Waals surface area contributed by atoms with E-state index in [4.69, 9.17) is 6.57 Å². The Hall–Kier alpha value is -1.08. The second-order valence-corrected chi connectivity index (χ2v) is 2.57.